The molecule has 0 heterocycles. The summed E-state index contributed by atoms with van der Waals surface area (Å²) < 4.78 is 58.9. The van der Waals surface area contributed by atoms with Gasteiger partial charge in [-0.2, -0.15) is 13.2 Å². The average Bonchev–Trinajstić information content (AvgIpc) is 3.08. The predicted octanol–water partition coefficient (Wildman–Crippen LogP) is 12.7. The number of hydrogen-bond donors (Lipinski definition) is 0. The molecular weight excluding hydrogens is 750 g/mol. The van der Waals surface area contributed by atoms with Crippen LogP contribution in [-0.4, -0.2) is 52.4 Å². The zero-order chi connectivity index (χ0) is 32.8. The summed E-state index contributed by atoms with van der Waals surface area (Å²) in [7, 11) is -5.32. The van der Waals surface area contributed by atoms with Gasteiger partial charge in [0.1, 0.15) is 0 Å². The molecule has 0 bridgehead atoms. The van der Waals surface area contributed by atoms with Crippen molar-refractivity contribution in [2.24, 2.45) is 0 Å². The second kappa shape index (κ2) is 22.3. The van der Waals surface area contributed by atoms with E-state index in [2.05, 4.69) is 0 Å². The maximum atomic E-state index is 10.7. The van der Waals surface area contributed by atoms with Crippen molar-refractivity contribution in [3.63, 3.8) is 0 Å². The fourth-order valence-electron chi connectivity index (χ4n) is 10.1. The van der Waals surface area contributed by atoms with Crippen LogP contribution in [0.3, 0.4) is 0 Å². The van der Waals surface area contributed by atoms with Crippen LogP contribution < -0.4 is 0 Å². The number of alkyl halides is 3. The summed E-state index contributed by atoms with van der Waals surface area (Å²) in [5, 5.41) is 0. The molecule has 0 aliphatic heterocycles. The van der Waals surface area contributed by atoms with E-state index in [1.54, 1.807) is 154 Å². The van der Waals surface area contributed by atoms with Crippen molar-refractivity contribution in [1.82, 2.24) is 0 Å². The van der Waals surface area contributed by atoms with Gasteiger partial charge in [0, 0.05) is 0 Å². The van der Waals surface area contributed by atoms with Gasteiger partial charge >= 0.3 is 25.9 Å². The van der Waals surface area contributed by atoms with E-state index in [4.69, 9.17) is 13.0 Å². The van der Waals surface area contributed by atoms with Gasteiger partial charge in [-0.1, -0.05) is 131 Å². The monoisotopic (exact) mass is 816 g/mol. The van der Waals surface area contributed by atoms with Gasteiger partial charge in [0.15, 0.2) is 10.1 Å². The Morgan fingerprint density at radius 1 is 0.383 bits per heavy atom. The van der Waals surface area contributed by atoms with Crippen molar-refractivity contribution in [3.8, 4) is 0 Å². The summed E-state index contributed by atoms with van der Waals surface area (Å²) in [6.45, 7) is 0. The van der Waals surface area contributed by atoms with E-state index in [1.165, 1.54) is 72.5 Å². The van der Waals surface area contributed by atoms with E-state index in [0.29, 0.717) is 15.8 Å². The van der Waals surface area contributed by atoms with Crippen LogP contribution in [0.5, 0.6) is 0 Å². The van der Waals surface area contributed by atoms with Crippen molar-refractivity contribution in [2.45, 2.75) is 232 Å². The first kappa shape index (κ1) is 42.6. The van der Waals surface area contributed by atoms with E-state index in [1.807, 2.05) is 0 Å². The summed E-state index contributed by atoms with van der Waals surface area (Å²) in [6.07, 6.45) is 47.2. The van der Waals surface area contributed by atoms with E-state index in [-0.39, 0.29) is 20.4 Å². The van der Waals surface area contributed by atoms with E-state index in [0.717, 1.165) is 0 Å². The Bertz CT molecular complexity index is 780. The van der Waals surface area contributed by atoms with E-state index < -0.39 is 15.6 Å². The minimum atomic E-state index is -6.09. The van der Waals surface area contributed by atoms with Crippen molar-refractivity contribution in [1.29, 1.82) is 0 Å². The zero-order valence-corrected chi connectivity index (χ0v) is 33.4. The zero-order valence-electron chi connectivity index (χ0n) is 29.2. The van der Waals surface area contributed by atoms with Crippen LogP contribution in [0.15, 0.2) is 0 Å². The first-order valence-electron chi connectivity index (χ1n) is 19.7. The number of hydrogen-bond acceptors (Lipinski definition) is 3. The van der Waals surface area contributed by atoms with Crippen molar-refractivity contribution >= 4 is 26.0 Å². The van der Waals surface area contributed by atoms with Crippen LogP contribution in [0, 0.1) is 0 Å². The van der Waals surface area contributed by atoms with Crippen LogP contribution in [0.25, 0.3) is 0 Å². The van der Waals surface area contributed by atoms with Gasteiger partial charge in [-0.05, 0) is 111 Å². The molecule has 0 saturated heterocycles. The standard InChI is InChI=1S/2C18H33P.CHF3O3S.Pd.H/c2*1-4-10-16(11-5-1)19(17-12-6-2-7-13-17)18-14-8-3-9-15-18;2-1(3,4)8(5,6)7;;/h2*16-18H,1-15H2;(H,5,6,7);;/q;;;+1;/p-1. The van der Waals surface area contributed by atoms with Gasteiger partial charge in [0.2, 0.25) is 0 Å². The molecule has 280 valence electrons. The van der Waals surface area contributed by atoms with Crippen LogP contribution >= 0.6 is 15.8 Å². The maximum absolute atomic E-state index is 10.7. The third kappa shape index (κ3) is 14.3. The SMILES string of the molecule is C1CCC(P(C2CCCCC2)C2CCCCC2)CC1.C1CCC(P(C2CCCCC2)C2CCCCC2)CC1.O=S(=O)([O-])C(F)(F)F.[PdH+]. The molecule has 0 aromatic carbocycles. The molecule has 6 saturated carbocycles. The van der Waals surface area contributed by atoms with Crippen LogP contribution in [0.1, 0.15) is 193 Å². The molecule has 1 radical (unpaired) electrons. The molecule has 6 rings (SSSR count). The third-order valence-corrected chi connectivity index (χ3v) is 21.0. The number of rotatable bonds is 6. The molecule has 6 fully saturated rings. The molecule has 47 heavy (non-hydrogen) atoms. The normalized spacial score (nSPS) is 25.7. The molecule has 0 unspecified atom stereocenters. The van der Waals surface area contributed by atoms with Gasteiger partial charge in [0.05, 0.1) is 0 Å². The van der Waals surface area contributed by atoms with Crippen LogP contribution in [0.4, 0.5) is 13.2 Å². The predicted molar refractivity (Wildman–Crippen MR) is 192 cm³/mol. The molecule has 0 spiro atoms. The quantitative estimate of drug-likeness (QED) is 0.116. The first-order chi connectivity index (χ1) is 22.1. The summed E-state index contributed by atoms with van der Waals surface area (Å²) in [5.74, 6) is 0. The van der Waals surface area contributed by atoms with Gasteiger partial charge in [0.25, 0.3) is 0 Å². The molecular formula is C37H67F3O3P2PdS. The molecule has 10 heteroatoms. The Kier molecular flexibility index (Phi) is 20.3. The minimum absolute atomic E-state index is 0. The molecule has 0 aromatic heterocycles. The topological polar surface area (TPSA) is 57.2 Å². The molecule has 6 aliphatic carbocycles. The fourth-order valence-corrected chi connectivity index (χ4v) is 19.4. The van der Waals surface area contributed by atoms with Gasteiger partial charge in [-0.25, -0.2) is 8.42 Å². The van der Waals surface area contributed by atoms with Crippen LogP contribution in [0.2, 0.25) is 0 Å². The Morgan fingerprint density at radius 3 is 0.617 bits per heavy atom. The van der Waals surface area contributed by atoms with Gasteiger partial charge in [-0.3, -0.25) is 0 Å². The molecule has 0 atom stereocenters. The second-order valence-corrected chi connectivity index (χ2v) is 23.1. The third-order valence-electron chi connectivity index (χ3n) is 12.3. The summed E-state index contributed by atoms with van der Waals surface area (Å²) in [4.78, 5) is 0. The molecule has 0 N–H and O–H groups in total. The van der Waals surface area contributed by atoms with Crippen molar-refractivity contribution in [2.75, 3.05) is 0 Å². The molecule has 6 aliphatic rings. The number of halogens is 3. The molecule has 0 amide bonds. The van der Waals surface area contributed by atoms with Crippen molar-refractivity contribution < 1.29 is 46.6 Å². The summed E-state index contributed by atoms with van der Waals surface area (Å²) >= 11 is 0. The van der Waals surface area contributed by atoms with E-state index >= 15 is 0 Å². The fraction of sp³-hybridized carbons (Fsp3) is 1.00. The second-order valence-electron chi connectivity index (χ2n) is 15.5. The van der Waals surface area contributed by atoms with Gasteiger partial charge in [-0.15, -0.1) is 0 Å². The summed E-state index contributed by atoms with van der Waals surface area (Å²) in [6, 6.07) is 0. The van der Waals surface area contributed by atoms with Crippen molar-refractivity contribution in [3.05, 3.63) is 0 Å². The first-order valence-corrected chi connectivity index (χ1v) is 24.2. The van der Waals surface area contributed by atoms with Gasteiger partial charge < -0.3 is 4.55 Å². The Balaban J connectivity index is 0.000000206. The molecule has 0 aromatic rings. The van der Waals surface area contributed by atoms with E-state index in [9.17, 15) is 13.2 Å². The Hall–Kier alpha value is 1.22. The molecule has 3 nitrogen and oxygen atoms in total. The Morgan fingerprint density at radius 2 is 0.511 bits per heavy atom. The summed E-state index contributed by atoms with van der Waals surface area (Å²) in [5.41, 5.74) is 1.49. The van der Waals surface area contributed by atoms with Crippen LogP contribution in [-0.2, 0) is 30.5 Å². The average molecular weight is 817 g/mol. The Labute approximate surface area is 303 Å².